The van der Waals surface area contributed by atoms with Crippen LogP contribution in [0.2, 0.25) is 10.0 Å². The van der Waals surface area contributed by atoms with Crippen LogP contribution in [0.25, 0.3) is 0 Å². The first kappa shape index (κ1) is 23.6. The zero-order chi connectivity index (χ0) is 22.8. The smallest absolute Gasteiger partial charge is 0.310 e. The Labute approximate surface area is 196 Å². The van der Waals surface area contributed by atoms with Gasteiger partial charge in [0.05, 0.1) is 22.2 Å². The van der Waals surface area contributed by atoms with Gasteiger partial charge in [-0.3, -0.25) is 14.6 Å². The van der Waals surface area contributed by atoms with Gasteiger partial charge in [0.2, 0.25) is 0 Å². The van der Waals surface area contributed by atoms with Crippen LogP contribution in [0, 0.1) is 0 Å². The molecule has 2 aromatic carbocycles. The van der Waals surface area contributed by atoms with Crippen molar-refractivity contribution in [1.82, 2.24) is 4.98 Å². The molecule has 3 aromatic rings. The average molecular weight is 473 g/mol. The lowest BCUT2D eigenvalue weighted by Crippen LogP contribution is -2.16. The number of hydrogen-bond acceptors (Lipinski definition) is 6. The molecule has 0 bridgehead atoms. The molecule has 0 aliphatic carbocycles. The molecular formula is C24H22Cl2N2O4. The zero-order valence-corrected chi connectivity index (χ0v) is 18.7. The van der Waals surface area contributed by atoms with Crippen LogP contribution in [0.5, 0.6) is 0 Å². The SMILES string of the molecule is O=C(CCc1cccnc1)OCCOC(=O)Cc1ccccc1Nc1c(Cl)cccc1Cl. The number of pyridine rings is 1. The summed E-state index contributed by atoms with van der Waals surface area (Å²) in [5.41, 5.74) is 2.94. The maximum Gasteiger partial charge on any atom is 0.310 e. The van der Waals surface area contributed by atoms with Gasteiger partial charge in [-0.15, -0.1) is 0 Å². The molecule has 0 aliphatic rings. The zero-order valence-electron chi connectivity index (χ0n) is 17.2. The minimum Gasteiger partial charge on any atom is -0.462 e. The van der Waals surface area contributed by atoms with Crippen LogP contribution in [0.4, 0.5) is 11.4 Å². The highest BCUT2D eigenvalue weighted by Gasteiger charge is 2.12. The maximum absolute atomic E-state index is 12.3. The highest BCUT2D eigenvalue weighted by molar-refractivity contribution is 6.39. The molecule has 0 unspecified atom stereocenters. The number of para-hydroxylation sites is 2. The van der Waals surface area contributed by atoms with Gasteiger partial charge < -0.3 is 14.8 Å². The number of halogens is 2. The van der Waals surface area contributed by atoms with Gasteiger partial charge in [0, 0.05) is 24.5 Å². The van der Waals surface area contributed by atoms with E-state index in [-0.39, 0.29) is 32.0 Å². The Bertz CT molecular complexity index is 1040. The molecule has 32 heavy (non-hydrogen) atoms. The molecule has 0 fully saturated rings. The normalized spacial score (nSPS) is 10.4. The quantitative estimate of drug-likeness (QED) is 0.314. The summed E-state index contributed by atoms with van der Waals surface area (Å²) in [6, 6.07) is 16.2. The van der Waals surface area contributed by atoms with E-state index in [4.69, 9.17) is 32.7 Å². The Kier molecular flexibility index (Phi) is 8.90. The Morgan fingerprint density at radius 1 is 0.875 bits per heavy atom. The number of aromatic nitrogens is 1. The molecule has 8 heteroatoms. The number of carbonyl (C=O) groups excluding carboxylic acids is 2. The van der Waals surface area contributed by atoms with E-state index in [0.29, 0.717) is 27.8 Å². The van der Waals surface area contributed by atoms with Crippen LogP contribution < -0.4 is 5.32 Å². The Morgan fingerprint density at radius 2 is 1.59 bits per heavy atom. The summed E-state index contributed by atoms with van der Waals surface area (Å²) in [4.78, 5) is 28.1. The van der Waals surface area contributed by atoms with E-state index in [1.165, 1.54) is 0 Å². The fourth-order valence-corrected chi connectivity index (χ4v) is 3.42. The summed E-state index contributed by atoms with van der Waals surface area (Å²) in [6.45, 7) is -0.00383. The third-order valence-corrected chi connectivity index (χ3v) is 5.15. The Balaban J connectivity index is 1.44. The summed E-state index contributed by atoms with van der Waals surface area (Å²) >= 11 is 12.4. The maximum atomic E-state index is 12.3. The second-order valence-corrected chi connectivity index (χ2v) is 7.67. The number of ether oxygens (including phenoxy) is 2. The van der Waals surface area contributed by atoms with E-state index in [1.54, 1.807) is 30.6 Å². The van der Waals surface area contributed by atoms with Gasteiger partial charge in [-0.1, -0.05) is 53.5 Å². The van der Waals surface area contributed by atoms with Crippen molar-refractivity contribution in [1.29, 1.82) is 0 Å². The molecule has 0 atom stereocenters. The second-order valence-electron chi connectivity index (χ2n) is 6.86. The number of nitrogens with one attached hydrogen (secondary N) is 1. The van der Waals surface area contributed by atoms with Crippen LogP contribution in [-0.4, -0.2) is 30.1 Å². The first-order valence-electron chi connectivity index (χ1n) is 10.0. The van der Waals surface area contributed by atoms with Gasteiger partial charge in [0.1, 0.15) is 13.2 Å². The van der Waals surface area contributed by atoms with E-state index in [9.17, 15) is 9.59 Å². The first-order chi connectivity index (χ1) is 15.5. The van der Waals surface area contributed by atoms with Gasteiger partial charge in [-0.05, 0) is 41.8 Å². The van der Waals surface area contributed by atoms with Gasteiger partial charge in [0.15, 0.2) is 0 Å². The first-order valence-corrected chi connectivity index (χ1v) is 10.8. The monoisotopic (exact) mass is 472 g/mol. The van der Waals surface area contributed by atoms with Crippen molar-refractivity contribution < 1.29 is 19.1 Å². The highest BCUT2D eigenvalue weighted by atomic mass is 35.5. The molecule has 0 amide bonds. The summed E-state index contributed by atoms with van der Waals surface area (Å²) in [7, 11) is 0. The van der Waals surface area contributed by atoms with Crippen molar-refractivity contribution in [3.8, 4) is 0 Å². The molecule has 0 radical (unpaired) electrons. The number of hydrogen-bond donors (Lipinski definition) is 1. The summed E-state index contributed by atoms with van der Waals surface area (Å²) in [6.07, 6.45) is 4.22. The average Bonchev–Trinajstić information content (AvgIpc) is 2.79. The molecule has 0 aliphatic heterocycles. The lowest BCUT2D eigenvalue weighted by Gasteiger charge is -2.14. The minimum atomic E-state index is -0.434. The van der Waals surface area contributed by atoms with Crippen molar-refractivity contribution in [2.24, 2.45) is 0 Å². The van der Waals surface area contributed by atoms with Crippen molar-refractivity contribution in [2.75, 3.05) is 18.5 Å². The van der Waals surface area contributed by atoms with Gasteiger partial charge >= 0.3 is 11.9 Å². The van der Waals surface area contributed by atoms with E-state index in [2.05, 4.69) is 10.3 Å². The summed E-state index contributed by atoms with van der Waals surface area (Å²) < 4.78 is 10.3. The molecular weight excluding hydrogens is 451 g/mol. The number of aryl methyl sites for hydroxylation is 1. The lowest BCUT2D eigenvalue weighted by molar-refractivity contribution is -0.151. The number of anilines is 2. The van der Waals surface area contributed by atoms with Crippen molar-refractivity contribution in [3.63, 3.8) is 0 Å². The van der Waals surface area contributed by atoms with E-state index >= 15 is 0 Å². The fourth-order valence-electron chi connectivity index (χ4n) is 2.93. The van der Waals surface area contributed by atoms with Crippen LogP contribution in [-0.2, 0) is 31.9 Å². The molecule has 1 N–H and O–H groups in total. The topological polar surface area (TPSA) is 77.5 Å². The molecule has 3 rings (SSSR count). The Morgan fingerprint density at radius 3 is 2.31 bits per heavy atom. The predicted molar refractivity (Wildman–Crippen MR) is 124 cm³/mol. The number of carbonyl (C=O) groups is 2. The van der Waals surface area contributed by atoms with Crippen LogP contribution in [0.1, 0.15) is 17.5 Å². The minimum absolute atomic E-state index is 0.00669. The molecule has 0 saturated heterocycles. The van der Waals surface area contributed by atoms with Gasteiger partial charge in [-0.25, -0.2) is 0 Å². The number of nitrogens with zero attached hydrogens (tertiary/aromatic N) is 1. The third kappa shape index (κ3) is 7.25. The standard InChI is InChI=1S/C24H22Cl2N2O4/c25-19-7-3-8-20(26)24(19)28-21-9-2-1-6-18(21)15-23(30)32-14-13-31-22(29)11-10-17-5-4-12-27-16-17/h1-9,12,16,28H,10-11,13-15H2. The molecule has 0 saturated carbocycles. The van der Waals surface area contributed by atoms with Gasteiger partial charge in [0.25, 0.3) is 0 Å². The van der Waals surface area contributed by atoms with E-state index < -0.39 is 5.97 Å². The van der Waals surface area contributed by atoms with Crippen LogP contribution >= 0.6 is 23.2 Å². The molecule has 1 heterocycles. The third-order valence-electron chi connectivity index (χ3n) is 4.52. The molecule has 166 valence electrons. The van der Waals surface area contributed by atoms with E-state index in [1.807, 2.05) is 36.4 Å². The molecule has 0 spiro atoms. The van der Waals surface area contributed by atoms with Gasteiger partial charge in [-0.2, -0.15) is 0 Å². The van der Waals surface area contributed by atoms with Crippen molar-refractivity contribution in [2.45, 2.75) is 19.3 Å². The van der Waals surface area contributed by atoms with Crippen molar-refractivity contribution >= 4 is 46.5 Å². The molecule has 6 nitrogen and oxygen atoms in total. The van der Waals surface area contributed by atoms with Crippen LogP contribution in [0.15, 0.2) is 67.0 Å². The predicted octanol–water partition coefficient (Wildman–Crippen LogP) is 5.39. The lowest BCUT2D eigenvalue weighted by atomic mass is 10.1. The van der Waals surface area contributed by atoms with Crippen molar-refractivity contribution in [3.05, 3.63) is 88.2 Å². The summed E-state index contributed by atoms with van der Waals surface area (Å²) in [5.74, 6) is -0.785. The summed E-state index contributed by atoms with van der Waals surface area (Å²) in [5, 5.41) is 4.12. The molecule has 1 aromatic heterocycles. The van der Waals surface area contributed by atoms with Crippen LogP contribution in [0.3, 0.4) is 0 Å². The largest absolute Gasteiger partial charge is 0.462 e. The second kappa shape index (κ2) is 12.1. The number of rotatable bonds is 10. The van der Waals surface area contributed by atoms with E-state index in [0.717, 1.165) is 11.1 Å². The fraction of sp³-hybridized carbons (Fsp3) is 0.208. The Hall–Kier alpha value is -3.09. The number of benzene rings is 2. The highest BCUT2D eigenvalue weighted by Crippen LogP contribution is 2.33. The number of esters is 2.